The molecule has 0 spiro atoms. The minimum absolute atomic E-state index is 0.0259. The van der Waals surface area contributed by atoms with Gasteiger partial charge in [-0.2, -0.15) is 0 Å². The summed E-state index contributed by atoms with van der Waals surface area (Å²) in [6.07, 6.45) is 6.51. The number of carbonyl (C=O) groups excluding carboxylic acids is 3. The molecule has 1 atom stereocenters. The number of carbonyl (C=O) groups is 3. The molecule has 1 aromatic carbocycles. The Hall–Kier alpha value is -2.61. The molecular weight excluding hydrogens is 318 g/mol. The van der Waals surface area contributed by atoms with Crippen molar-refractivity contribution in [3.63, 3.8) is 0 Å². The van der Waals surface area contributed by atoms with Gasteiger partial charge in [0.2, 0.25) is 0 Å². The van der Waals surface area contributed by atoms with E-state index in [1.54, 1.807) is 19.1 Å². The van der Waals surface area contributed by atoms with Crippen LogP contribution in [0.4, 0.5) is 5.69 Å². The second-order valence-corrected chi connectivity index (χ2v) is 5.86. The molecule has 1 rings (SSSR count). The van der Waals surface area contributed by atoms with Crippen LogP contribution in [0, 0.1) is 12.3 Å². The van der Waals surface area contributed by atoms with Gasteiger partial charge in [0.05, 0.1) is 13.0 Å². The summed E-state index contributed by atoms with van der Waals surface area (Å²) in [6.45, 7) is 2.02. The van der Waals surface area contributed by atoms with Gasteiger partial charge in [-0.05, 0) is 30.5 Å². The molecule has 5 heteroatoms. The van der Waals surface area contributed by atoms with Crippen LogP contribution in [0.2, 0.25) is 0 Å². The lowest BCUT2D eigenvalue weighted by Crippen LogP contribution is -2.14. The predicted octanol–water partition coefficient (Wildman–Crippen LogP) is 3.03. The monoisotopic (exact) mass is 343 g/mol. The van der Waals surface area contributed by atoms with E-state index in [-0.39, 0.29) is 49.1 Å². The number of terminal acetylenes is 1. The van der Waals surface area contributed by atoms with E-state index >= 15 is 0 Å². The molecule has 0 aromatic heterocycles. The molecule has 1 unspecified atom stereocenters. The van der Waals surface area contributed by atoms with Crippen molar-refractivity contribution in [1.29, 1.82) is 0 Å². The van der Waals surface area contributed by atoms with Crippen molar-refractivity contribution in [3.05, 3.63) is 29.8 Å². The maximum atomic E-state index is 12.2. The quantitative estimate of drug-likeness (QED) is 0.379. The number of rotatable bonds is 11. The predicted molar refractivity (Wildman–Crippen MR) is 96.8 cm³/mol. The van der Waals surface area contributed by atoms with Crippen LogP contribution in [0.1, 0.15) is 56.9 Å². The summed E-state index contributed by atoms with van der Waals surface area (Å²) in [4.78, 5) is 35.7. The van der Waals surface area contributed by atoms with Gasteiger partial charge in [0.25, 0.3) is 0 Å². The van der Waals surface area contributed by atoms with Gasteiger partial charge in [-0.25, -0.2) is 0 Å². The highest BCUT2D eigenvalue weighted by molar-refractivity contribution is 5.85. The van der Waals surface area contributed by atoms with Crippen LogP contribution >= 0.6 is 0 Å². The number of ether oxygens (including phenoxy) is 1. The molecular formula is C20H25NO4. The zero-order valence-electron chi connectivity index (χ0n) is 14.6. The second-order valence-electron chi connectivity index (χ2n) is 5.86. The fourth-order valence-corrected chi connectivity index (χ4v) is 2.52. The standard InChI is InChI=1S/C20H25NO4/c1-3-5-6-18(22)13-16(15-7-9-17(21)10-8-15)14-19(23)11-12-20(24)25-4-2/h1,7-10,16H,4-6,11-14,21H2,2H3. The third-order valence-electron chi connectivity index (χ3n) is 3.82. The molecule has 2 N–H and O–H groups in total. The molecule has 0 aliphatic carbocycles. The Labute approximate surface area is 148 Å². The first-order valence-corrected chi connectivity index (χ1v) is 8.44. The molecule has 0 bridgehead atoms. The maximum absolute atomic E-state index is 12.2. The number of anilines is 1. The average molecular weight is 343 g/mol. The molecule has 5 nitrogen and oxygen atoms in total. The lowest BCUT2D eigenvalue weighted by atomic mass is 9.87. The first-order chi connectivity index (χ1) is 12.0. The second kappa shape index (κ2) is 11.0. The van der Waals surface area contributed by atoms with Gasteiger partial charge in [0.15, 0.2) is 0 Å². The molecule has 0 radical (unpaired) electrons. The smallest absolute Gasteiger partial charge is 0.306 e. The van der Waals surface area contributed by atoms with Crippen LogP contribution < -0.4 is 5.73 Å². The van der Waals surface area contributed by atoms with Crippen LogP contribution in [0.15, 0.2) is 24.3 Å². The van der Waals surface area contributed by atoms with Crippen molar-refractivity contribution in [2.24, 2.45) is 0 Å². The Morgan fingerprint density at radius 3 is 2.24 bits per heavy atom. The normalized spacial score (nSPS) is 11.4. The van der Waals surface area contributed by atoms with Gasteiger partial charge in [-0.15, -0.1) is 12.3 Å². The average Bonchev–Trinajstić information content (AvgIpc) is 2.58. The highest BCUT2D eigenvalue weighted by atomic mass is 16.5. The van der Waals surface area contributed by atoms with Gasteiger partial charge in [0.1, 0.15) is 11.6 Å². The Morgan fingerprint density at radius 1 is 1.08 bits per heavy atom. The van der Waals surface area contributed by atoms with Crippen LogP contribution in [-0.4, -0.2) is 24.1 Å². The number of hydrogen-bond donors (Lipinski definition) is 1. The van der Waals surface area contributed by atoms with Crippen LogP contribution in [0.3, 0.4) is 0 Å². The Bertz CT molecular complexity index is 628. The van der Waals surface area contributed by atoms with E-state index in [0.29, 0.717) is 25.1 Å². The van der Waals surface area contributed by atoms with Gasteiger partial charge >= 0.3 is 5.97 Å². The molecule has 0 heterocycles. The molecule has 134 valence electrons. The summed E-state index contributed by atoms with van der Waals surface area (Å²) in [5.74, 6) is 1.79. The first-order valence-electron chi connectivity index (χ1n) is 8.44. The largest absolute Gasteiger partial charge is 0.466 e. The Balaban J connectivity index is 2.72. The topological polar surface area (TPSA) is 86.5 Å². The third kappa shape index (κ3) is 8.16. The van der Waals surface area contributed by atoms with Crippen LogP contribution in [-0.2, 0) is 19.1 Å². The molecule has 0 amide bonds. The SMILES string of the molecule is C#CCCC(=O)CC(CC(=O)CCC(=O)OCC)c1ccc(N)cc1. The first kappa shape index (κ1) is 20.4. The van der Waals surface area contributed by atoms with E-state index in [9.17, 15) is 14.4 Å². The highest BCUT2D eigenvalue weighted by Crippen LogP contribution is 2.26. The number of nitrogen functional groups attached to an aromatic ring is 1. The number of hydrogen-bond acceptors (Lipinski definition) is 5. The van der Waals surface area contributed by atoms with Crippen molar-refractivity contribution in [2.75, 3.05) is 12.3 Å². The number of esters is 1. The molecule has 0 saturated heterocycles. The van der Waals surface area contributed by atoms with E-state index in [1.165, 1.54) is 0 Å². The molecule has 25 heavy (non-hydrogen) atoms. The Morgan fingerprint density at radius 2 is 1.68 bits per heavy atom. The number of Topliss-reactive ketones (excluding diaryl/α,β-unsaturated/α-hetero) is 2. The minimum atomic E-state index is -0.384. The van der Waals surface area contributed by atoms with Gasteiger partial charge < -0.3 is 10.5 Å². The Kier molecular flexibility index (Phi) is 9.02. The van der Waals surface area contributed by atoms with Crippen LogP contribution in [0.25, 0.3) is 0 Å². The highest BCUT2D eigenvalue weighted by Gasteiger charge is 2.20. The van der Waals surface area contributed by atoms with Crippen molar-refractivity contribution in [1.82, 2.24) is 0 Å². The third-order valence-corrected chi connectivity index (χ3v) is 3.82. The number of benzene rings is 1. The van der Waals surface area contributed by atoms with E-state index in [1.807, 2.05) is 12.1 Å². The zero-order chi connectivity index (χ0) is 18.7. The maximum Gasteiger partial charge on any atom is 0.306 e. The van der Waals surface area contributed by atoms with Gasteiger partial charge in [-0.3, -0.25) is 14.4 Å². The summed E-state index contributed by atoms with van der Waals surface area (Å²) >= 11 is 0. The van der Waals surface area contributed by atoms with Crippen LogP contribution in [0.5, 0.6) is 0 Å². The zero-order valence-corrected chi connectivity index (χ0v) is 14.6. The number of nitrogens with two attached hydrogens (primary N) is 1. The van der Waals surface area contributed by atoms with Gasteiger partial charge in [-0.1, -0.05) is 12.1 Å². The molecule has 0 saturated carbocycles. The summed E-state index contributed by atoms with van der Waals surface area (Å²) in [5, 5.41) is 0. The summed E-state index contributed by atoms with van der Waals surface area (Å²) in [5.41, 5.74) is 7.20. The van der Waals surface area contributed by atoms with E-state index in [4.69, 9.17) is 16.9 Å². The molecule has 0 aliphatic rings. The minimum Gasteiger partial charge on any atom is -0.466 e. The summed E-state index contributed by atoms with van der Waals surface area (Å²) in [7, 11) is 0. The van der Waals surface area contributed by atoms with Crippen molar-refractivity contribution in [3.8, 4) is 12.3 Å². The fourth-order valence-electron chi connectivity index (χ4n) is 2.52. The van der Waals surface area contributed by atoms with E-state index < -0.39 is 0 Å². The van der Waals surface area contributed by atoms with Crippen molar-refractivity contribution >= 4 is 23.2 Å². The van der Waals surface area contributed by atoms with Gasteiger partial charge in [0, 0.05) is 37.8 Å². The number of ketones is 2. The fraction of sp³-hybridized carbons (Fsp3) is 0.450. The molecule has 1 aromatic rings. The lowest BCUT2D eigenvalue weighted by Gasteiger charge is -2.16. The molecule has 0 fully saturated rings. The van der Waals surface area contributed by atoms with E-state index in [0.717, 1.165) is 5.56 Å². The van der Waals surface area contributed by atoms with Crippen molar-refractivity contribution < 1.29 is 19.1 Å². The van der Waals surface area contributed by atoms with E-state index in [2.05, 4.69) is 5.92 Å². The molecule has 0 aliphatic heterocycles. The summed E-state index contributed by atoms with van der Waals surface area (Å²) < 4.78 is 4.83. The summed E-state index contributed by atoms with van der Waals surface area (Å²) in [6, 6.07) is 7.15. The lowest BCUT2D eigenvalue weighted by molar-refractivity contribution is -0.144. The van der Waals surface area contributed by atoms with Crippen molar-refractivity contribution in [2.45, 2.75) is 51.4 Å².